The first-order chi connectivity index (χ1) is 6.58. The van der Waals surface area contributed by atoms with E-state index in [4.69, 9.17) is 5.73 Å². The Kier molecular flexibility index (Phi) is 3.90. The van der Waals surface area contributed by atoms with E-state index in [1.54, 1.807) is 0 Å². The molecule has 2 N–H and O–H groups in total. The van der Waals surface area contributed by atoms with Crippen LogP contribution in [0.2, 0.25) is 0 Å². The molecule has 0 amide bonds. The van der Waals surface area contributed by atoms with Crippen LogP contribution in [-0.2, 0) is 6.42 Å². The predicted octanol–water partition coefficient (Wildman–Crippen LogP) is 2.83. The molecule has 1 nitrogen and oxygen atoms in total. The summed E-state index contributed by atoms with van der Waals surface area (Å²) in [4.78, 5) is 0. The van der Waals surface area contributed by atoms with E-state index in [-0.39, 0.29) is 6.04 Å². The van der Waals surface area contributed by atoms with Gasteiger partial charge in [0.1, 0.15) is 0 Å². The molecule has 1 unspecified atom stereocenters. The third kappa shape index (κ3) is 3.75. The quantitative estimate of drug-likeness (QED) is 0.724. The summed E-state index contributed by atoms with van der Waals surface area (Å²) in [5, 5.41) is 0. The summed E-state index contributed by atoms with van der Waals surface area (Å²) >= 11 is 0. The van der Waals surface area contributed by atoms with Gasteiger partial charge in [0.05, 0.1) is 0 Å². The molecule has 0 aliphatic carbocycles. The highest BCUT2D eigenvalue weighted by Gasteiger charge is 2.03. The van der Waals surface area contributed by atoms with Crippen molar-refractivity contribution in [3.63, 3.8) is 0 Å². The largest absolute Gasteiger partial charge is 0.327 e. The zero-order chi connectivity index (χ0) is 10.6. The van der Waals surface area contributed by atoms with Crippen molar-refractivity contribution < 1.29 is 0 Å². The summed E-state index contributed by atoms with van der Waals surface area (Å²) in [6.45, 7) is 7.99. The van der Waals surface area contributed by atoms with Crippen LogP contribution in [0.15, 0.2) is 36.4 Å². The van der Waals surface area contributed by atoms with Gasteiger partial charge in [0.25, 0.3) is 0 Å². The van der Waals surface area contributed by atoms with Crippen molar-refractivity contribution in [1.29, 1.82) is 0 Å². The summed E-state index contributed by atoms with van der Waals surface area (Å²) in [6.07, 6.45) is 1.85. The summed E-state index contributed by atoms with van der Waals surface area (Å²) in [6, 6.07) is 8.75. The SMILES string of the molecule is C=C(C)CC(N)Cc1ccc(C)cc1. The van der Waals surface area contributed by atoms with E-state index in [1.807, 2.05) is 6.92 Å². The van der Waals surface area contributed by atoms with Gasteiger partial charge in [-0.05, 0) is 32.3 Å². The van der Waals surface area contributed by atoms with Gasteiger partial charge < -0.3 is 5.73 Å². The average molecular weight is 189 g/mol. The zero-order valence-electron chi connectivity index (χ0n) is 9.09. The van der Waals surface area contributed by atoms with E-state index in [1.165, 1.54) is 11.1 Å². The lowest BCUT2D eigenvalue weighted by Gasteiger charge is -2.11. The summed E-state index contributed by atoms with van der Waals surface area (Å²) < 4.78 is 0. The third-order valence-electron chi connectivity index (χ3n) is 2.23. The van der Waals surface area contributed by atoms with E-state index >= 15 is 0 Å². The number of nitrogens with two attached hydrogens (primary N) is 1. The average Bonchev–Trinajstić information content (AvgIpc) is 2.07. The van der Waals surface area contributed by atoms with Gasteiger partial charge in [-0.15, -0.1) is 6.58 Å². The first kappa shape index (κ1) is 11.0. The van der Waals surface area contributed by atoms with Crippen molar-refractivity contribution in [1.82, 2.24) is 0 Å². The number of hydrogen-bond donors (Lipinski definition) is 1. The molecule has 0 radical (unpaired) electrons. The Balaban J connectivity index is 2.51. The Bertz CT molecular complexity index is 298. The molecule has 1 aromatic rings. The highest BCUT2D eigenvalue weighted by Crippen LogP contribution is 2.09. The van der Waals surface area contributed by atoms with Crippen LogP contribution in [0, 0.1) is 6.92 Å². The Morgan fingerprint density at radius 1 is 1.36 bits per heavy atom. The maximum absolute atomic E-state index is 5.98. The van der Waals surface area contributed by atoms with Crippen molar-refractivity contribution in [3.8, 4) is 0 Å². The van der Waals surface area contributed by atoms with Crippen molar-refractivity contribution in [3.05, 3.63) is 47.5 Å². The van der Waals surface area contributed by atoms with Gasteiger partial charge in [0, 0.05) is 6.04 Å². The lowest BCUT2D eigenvalue weighted by atomic mass is 10.0. The van der Waals surface area contributed by atoms with E-state index < -0.39 is 0 Å². The van der Waals surface area contributed by atoms with Crippen LogP contribution in [0.1, 0.15) is 24.5 Å². The topological polar surface area (TPSA) is 26.0 Å². The molecule has 14 heavy (non-hydrogen) atoms. The molecule has 76 valence electrons. The van der Waals surface area contributed by atoms with Crippen LogP contribution in [-0.4, -0.2) is 6.04 Å². The predicted molar refractivity (Wildman–Crippen MR) is 62.3 cm³/mol. The Hall–Kier alpha value is -1.08. The standard InChI is InChI=1S/C13H19N/c1-10(2)8-13(14)9-12-6-4-11(3)5-7-12/h4-7,13H,1,8-9,14H2,2-3H3. The number of benzene rings is 1. The van der Waals surface area contributed by atoms with E-state index in [9.17, 15) is 0 Å². The fourth-order valence-corrected chi connectivity index (χ4v) is 1.55. The fourth-order valence-electron chi connectivity index (χ4n) is 1.55. The molecule has 0 saturated heterocycles. The lowest BCUT2D eigenvalue weighted by molar-refractivity contribution is 0.661. The third-order valence-corrected chi connectivity index (χ3v) is 2.23. The van der Waals surface area contributed by atoms with Gasteiger partial charge in [-0.1, -0.05) is 35.4 Å². The molecule has 0 bridgehead atoms. The zero-order valence-corrected chi connectivity index (χ0v) is 9.09. The molecule has 0 aliphatic rings. The molecule has 1 atom stereocenters. The Morgan fingerprint density at radius 3 is 2.43 bits per heavy atom. The minimum absolute atomic E-state index is 0.204. The lowest BCUT2D eigenvalue weighted by Crippen LogP contribution is -2.22. The van der Waals surface area contributed by atoms with Crippen LogP contribution in [0.25, 0.3) is 0 Å². The molecule has 0 heterocycles. The maximum atomic E-state index is 5.98. The van der Waals surface area contributed by atoms with E-state index in [0.29, 0.717) is 0 Å². The van der Waals surface area contributed by atoms with Crippen LogP contribution in [0.3, 0.4) is 0 Å². The van der Waals surface area contributed by atoms with Crippen LogP contribution in [0.4, 0.5) is 0 Å². The summed E-state index contributed by atoms with van der Waals surface area (Å²) in [5.41, 5.74) is 9.74. The van der Waals surface area contributed by atoms with Gasteiger partial charge in [-0.2, -0.15) is 0 Å². The van der Waals surface area contributed by atoms with Crippen molar-refractivity contribution >= 4 is 0 Å². The minimum Gasteiger partial charge on any atom is -0.327 e. The summed E-state index contributed by atoms with van der Waals surface area (Å²) in [7, 11) is 0. The first-order valence-corrected chi connectivity index (χ1v) is 5.03. The van der Waals surface area contributed by atoms with Gasteiger partial charge in [0.15, 0.2) is 0 Å². The second-order valence-corrected chi connectivity index (χ2v) is 4.11. The molecule has 0 fully saturated rings. The van der Waals surface area contributed by atoms with Crippen molar-refractivity contribution in [2.45, 2.75) is 32.7 Å². The molecular formula is C13H19N. The van der Waals surface area contributed by atoms with E-state index in [0.717, 1.165) is 18.4 Å². The molecule has 1 heteroatoms. The van der Waals surface area contributed by atoms with E-state index in [2.05, 4.69) is 37.8 Å². The van der Waals surface area contributed by atoms with Gasteiger partial charge in [0.2, 0.25) is 0 Å². The Labute approximate surface area is 86.6 Å². The molecule has 0 saturated carbocycles. The van der Waals surface area contributed by atoms with Gasteiger partial charge >= 0.3 is 0 Å². The number of aryl methyl sites for hydroxylation is 1. The van der Waals surface area contributed by atoms with Crippen LogP contribution < -0.4 is 5.73 Å². The van der Waals surface area contributed by atoms with Crippen LogP contribution >= 0.6 is 0 Å². The normalized spacial score (nSPS) is 12.5. The molecule has 0 spiro atoms. The second kappa shape index (κ2) is 4.97. The molecule has 0 aliphatic heterocycles. The minimum atomic E-state index is 0.204. The van der Waals surface area contributed by atoms with Crippen molar-refractivity contribution in [2.24, 2.45) is 5.73 Å². The highest BCUT2D eigenvalue weighted by molar-refractivity contribution is 5.22. The monoisotopic (exact) mass is 189 g/mol. The summed E-state index contributed by atoms with van der Waals surface area (Å²) in [5.74, 6) is 0. The van der Waals surface area contributed by atoms with Crippen molar-refractivity contribution in [2.75, 3.05) is 0 Å². The molecule has 1 rings (SSSR count). The second-order valence-electron chi connectivity index (χ2n) is 4.11. The highest BCUT2D eigenvalue weighted by atomic mass is 14.6. The maximum Gasteiger partial charge on any atom is 0.0116 e. The molecule has 1 aromatic carbocycles. The molecule has 0 aromatic heterocycles. The Morgan fingerprint density at radius 2 is 1.93 bits per heavy atom. The smallest absolute Gasteiger partial charge is 0.0116 e. The van der Waals surface area contributed by atoms with Gasteiger partial charge in [-0.25, -0.2) is 0 Å². The van der Waals surface area contributed by atoms with Crippen LogP contribution in [0.5, 0.6) is 0 Å². The fraction of sp³-hybridized carbons (Fsp3) is 0.385. The first-order valence-electron chi connectivity index (χ1n) is 5.03. The number of rotatable bonds is 4. The number of hydrogen-bond acceptors (Lipinski definition) is 1. The molecular weight excluding hydrogens is 170 g/mol. The van der Waals surface area contributed by atoms with Gasteiger partial charge in [-0.3, -0.25) is 0 Å².